The average Bonchev–Trinajstić information content (AvgIpc) is 3.04. The number of imidazole rings is 1. The van der Waals surface area contributed by atoms with Gasteiger partial charge in [0, 0.05) is 30.0 Å². The van der Waals surface area contributed by atoms with Crippen molar-refractivity contribution < 1.29 is 9.59 Å². The van der Waals surface area contributed by atoms with Crippen LogP contribution < -0.4 is 10.6 Å². The smallest absolute Gasteiger partial charge is 0.292 e. The molecule has 2 N–H and O–H groups in total. The van der Waals surface area contributed by atoms with Gasteiger partial charge in [0.15, 0.2) is 5.69 Å². The largest absolute Gasteiger partial charge is 0.349 e. The van der Waals surface area contributed by atoms with Crippen molar-refractivity contribution in [3.8, 4) is 0 Å². The Hall–Kier alpha value is -2.90. The number of benzene rings is 1. The highest BCUT2D eigenvalue weighted by Crippen LogP contribution is 2.21. The summed E-state index contributed by atoms with van der Waals surface area (Å²) in [6, 6.07) is 10.6. The monoisotopic (exact) mass is 399 g/mol. The van der Waals surface area contributed by atoms with Crippen molar-refractivity contribution in [3.63, 3.8) is 0 Å². The lowest BCUT2D eigenvalue weighted by molar-refractivity contribution is 0.0948. The number of rotatable bonds is 6. The number of pyridine rings is 1. The SMILES string of the molecule is Cc1ccc(NC(=O)c2nc(C(=O)NCCN(C)C)c3ccccn23)cc1Cl. The summed E-state index contributed by atoms with van der Waals surface area (Å²) in [5, 5.41) is 6.18. The normalized spacial score (nSPS) is 11.0. The fraction of sp³-hybridized carbons (Fsp3) is 0.250. The summed E-state index contributed by atoms with van der Waals surface area (Å²) in [6.45, 7) is 3.08. The zero-order valence-electron chi connectivity index (χ0n) is 16.0. The summed E-state index contributed by atoms with van der Waals surface area (Å²) < 4.78 is 1.60. The summed E-state index contributed by atoms with van der Waals surface area (Å²) in [5.41, 5.74) is 2.26. The van der Waals surface area contributed by atoms with Crippen molar-refractivity contribution >= 4 is 34.6 Å². The highest BCUT2D eigenvalue weighted by molar-refractivity contribution is 6.31. The van der Waals surface area contributed by atoms with Crippen LogP contribution in [0, 0.1) is 6.92 Å². The van der Waals surface area contributed by atoms with E-state index in [2.05, 4.69) is 15.6 Å². The van der Waals surface area contributed by atoms with Crippen molar-refractivity contribution in [2.75, 3.05) is 32.5 Å². The number of aryl methyl sites for hydroxylation is 1. The quantitative estimate of drug-likeness (QED) is 0.668. The molecule has 0 saturated carbocycles. The Labute approximate surface area is 168 Å². The molecule has 0 saturated heterocycles. The van der Waals surface area contributed by atoms with Crippen LogP contribution in [-0.4, -0.2) is 53.3 Å². The molecule has 1 aromatic carbocycles. The van der Waals surface area contributed by atoms with Gasteiger partial charge in [-0.25, -0.2) is 4.98 Å². The van der Waals surface area contributed by atoms with Crippen molar-refractivity contribution in [1.82, 2.24) is 19.6 Å². The van der Waals surface area contributed by atoms with E-state index in [-0.39, 0.29) is 17.4 Å². The lowest BCUT2D eigenvalue weighted by Crippen LogP contribution is -2.31. The number of halogens is 1. The van der Waals surface area contributed by atoms with E-state index in [4.69, 9.17) is 11.6 Å². The molecule has 0 aliphatic carbocycles. The van der Waals surface area contributed by atoms with E-state index in [0.717, 1.165) is 5.56 Å². The van der Waals surface area contributed by atoms with Gasteiger partial charge in [0.1, 0.15) is 0 Å². The number of carbonyl (C=O) groups excluding carboxylic acids is 2. The minimum atomic E-state index is -0.423. The van der Waals surface area contributed by atoms with E-state index in [0.29, 0.717) is 29.3 Å². The van der Waals surface area contributed by atoms with Gasteiger partial charge in [-0.15, -0.1) is 0 Å². The number of amides is 2. The Kier molecular flexibility index (Phi) is 5.96. The molecule has 0 unspecified atom stereocenters. The van der Waals surface area contributed by atoms with E-state index in [1.165, 1.54) is 0 Å². The second-order valence-corrected chi connectivity index (χ2v) is 7.12. The van der Waals surface area contributed by atoms with Crippen LogP contribution in [0.5, 0.6) is 0 Å². The molecule has 0 spiro atoms. The number of nitrogens with one attached hydrogen (secondary N) is 2. The summed E-state index contributed by atoms with van der Waals surface area (Å²) >= 11 is 6.13. The number of nitrogens with zero attached hydrogens (tertiary/aromatic N) is 3. The van der Waals surface area contributed by atoms with Gasteiger partial charge in [-0.1, -0.05) is 23.7 Å². The number of anilines is 1. The minimum Gasteiger partial charge on any atom is -0.349 e. The molecule has 0 atom stereocenters. The fourth-order valence-corrected chi connectivity index (χ4v) is 2.88. The van der Waals surface area contributed by atoms with Crippen molar-refractivity contribution in [2.45, 2.75) is 6.92 Å². The number of carbonyl (C=O) groups is 2. The molecular weight excluding hydrogens is 378 g/mol. The van der Waals surface area contributed by atoms with E-state index in [1.807, 2.05) is 32.0 Å². The Morgan fingerprint density at radius 2 is 1.96 bits per heavy atom. The third kappa shape index (κ3) is 4.32. The van der Waals surface area contributed by atoms with Gasteiger partial charge in [-0.3, -0.25) is 14.0 Å². The molecule has 0 radical (unpaired) electrons. The first-order chi connectivity index (χ1) is 13.4. The van der Waals surface area contributed by atoms with Crippen LogP contribution in [-0.2, 0) is 0 Å². The van der Waals surface area contributed by atoms with E-state index >= 15 is 0 Å². The molecule has 2 heterocycles. The predicted octanol–water partition coefficient (Wildman–Crippen LogP) is 2.84. The summed E-state index contributed by atoms with van der Waals surface area (Å²) in [6.07, 6.45) is 1.70. The molecule has 8 heteroatoms. The Morgan fingerprint density at radius 3 is 2.68 bits per heavy atom. The number of hydrogen-bond acceptors (Lipinski definition) is 4. The van der Waals surface area contributed by atoms with E-state index in [9.17, 15) is 9.59 Å². The standard InChI is InChI=1S/C20H22ClN5O2/c1-13-7-8-14(12-15(13)21)23-20(28)18-24-17(16-6-4-5-10-26(16)18)19(27)22-9-11-25(2)3/h4-8,10,12H,9,11H2,1-3H3,(H,22,27)(H,23,28). The topological polar surface area (TPSA) is 78.7 Å². The molecule has 0 bridgehead atoms. The minimum absolute atomic E-state index is 0.130. The first-order valence-electron chi connectivity index (χ1n) is 8.84. The first-order valence-corrected chi connectivity index (χ1v) is 9.22. The van der Waals surface area contributed by atoms with Gasteiger partial charge >= 0.3 is 0 Å². The molecule has 28 heavy (non-hydrogen) atoms. The van der Waals surface area contributed by atoms with E-state index < -0.39 is 5.91 Å². The predicted molar refractivity (Wildman–Crippen MR) is 110 cm³/mol. The van der Waals surface area contributed by atoms with Crippen molar-refractivity contribution in [1.29, 1.82) is 0 Å². The summed E-state index contributed by atoms with van der Waals surface area (Å²) in [5.74, 6) is -0.610. The van der Waals surface area contributed by atoms with Crippen LogP contribution in [0.3, 0.4) is 0 Å². The maximum absolute atomic E-state index is 12.8. The Morgan fingerprint density at radius 1 is 1.18 bits per heavy atom. The molecule has 3 rings (SSSR count). The second-order valence-electron chi connectivity index (χ2n) is 6.72. The van der Waals surface area contributed by atoms with Gasteiger partial charge in [0.25, 0.3) is 11.8 Å². The third-order valence-corrected chi connectivity index (χ3v) is 4.65. The van der Waals surface area contributed by atoms with E-state index in [1.54, 1.807) is 40.9 Å². The van der Waals surface area contributed by atoms with Gasteiger partial charge in [0.2, 0.25) is 5.82 Å². The lowest BCUT2D eigenvalue weighted by Gasteiger charge is -2.09. The maximum Gasteiger partial charge on any atom is 0.292 e. The highest BCUT2D eigenvalue weighted by atomic mass is 35.5. The second kappa shape index (κ2) is 8.41. The average molecular weight is 400 g/mol. The summed E-state index contributed by atoms with van der Waals surface area (Å²) in [7, 11) is 3.86. The van der Waals surface area contributed by atoms with Crippen molar-refractivity contribution in [2.24, 2.45) is 0 Å². The molecule has 0 aliphatic rings. The van der Waals surface area contributed by atoms with Gasteiger partial charge in [-0.2, -0.15) is 0 Å². The molecule has 0 aliphatic heterocycles. The maximum atomic E-state index is 12.8. The first kappa shape index (κ1) is 19.9. The molecular formula is C20H22ClN5O2. The van der Waals surface area contributed by atoms with Crippen LogP contribution in [0.25, 0.3) is 5.52 Å². The van der Waals surface area contributed by atoms with Crippen LogP contribution >= 0.6 is 11.6 Å². The van der Waals surface area contributed by atoms with Crippen LogP contribution in [0.4, 0.5) is 5.69 Å². The van der Waals surface area contributed by atoms with Crippen molar-refractivity contribution in [3.05, 3.63) is 64.7 Å². The molecule has 7 nitrogen and oxygen atoms in total. The molecule has 146 valence electrons. The van der Waals surface area contributed by atoms with Gasteiger partial charge in [0.05, 0.1) is 5.52 Å². The Balaban J connectivity index is 1.87. The Bertz CT molecular complexity index is 1030. The number of aromatic nitrogens is 2. The number of hydrogen-bond donors (Lipinski definition) is 2. The third-order valence-electron chi connectivity index (χ3n) is 4.24. The van der Waals surface area contributed by atoms with Crippen LogP contribution in [0.2, 0.25) is 5.02 Å². The zero-order chi connectivity index (χ0) is 20.3. The fourth-order valence-electron chi connectivity index (χ4n) is 2.70. The van der Waals surface area contributed by atoms with Crippen LogP contribution in [0.15, 0.2) is 42.6 Å². The molecule has 3 aromatic rings. The van der Waals surface area contributed by atoms with Gasteiger partial charge in [-0.05, 0) is 50.8 Å². The molecule has 0 fully saturated rings. The molecule has 2 aromatic heterocycles. The molecule has 2 amide bonds. The number of likely N-dealkylation sites (N-methyl/N-ethyl adjacent to an activating group) is 1. The number of fused-ring (bicyclic) bond motifs is 1. The lowest BCUT2D eigenvalue weighted by atomic mass is 10.2. The summed E-state index contributed by atoms with van der Waals surface area (Å²) in [4.78, 5) is 31.6. The van der Waals surface area contributed by atoms with Crippen LogP contribution in [0.1, 0.15) is 26.7 Å². The van der Waals surface area contributed by atoms with Gasteiger partial charge < -0.3 is 15.5 Å². The zero-order valence-corrected chi connectivity index (χ0v) is 16.7. The highest BCUT2D eigenvalue weighted by Gasteiger charge is 2.21.